The highest BCUT2D eigenvalue weighted by Gasteiger charge is 2.37. The Hall–Kier alpha value is -1.38. The molecule has 4 nitrogen and oxygen atoms in total. The molecule has 0 heterocycles. The van der Waals surface area contributed by atoms with Crippen molar-refractivity contribution in [1.29, 1.82) is 5.26 Å². The number of sulfonamides is 1. The van der Waals surface area contributed by atoms with Crippen molar-refractivity contribution in [2.24, 2.45) is 0 Å². The lowest BCUT2D eigenvalue weighted by Gasteiger charge is -2.20. The third kappa shape index (κ3) is 2.71. The van der Waals surface area contributed by atoms with E-state index in [9.17, 15) is 8.42 Å². The van der Waals surface area contributed by atoms with E-state index in [4.69, 9.17) is 5.26 Å². The lowest BCUT2D eigenvalue weighted by Crippen LogP contribution is -2.33. The van der Waals surface area contributed by atoms with Gasteiger partial charge in [-0.3, -0.25) is 0 Å². The molecule has 18 heavy (non-hydrogen) atoms. The van der Waals surface area contributed by atoms with Gasteiger partial charge in [-0.05, 0) is 31.9 Å². The van der Waals surface area contributed by atoms with Crippen LogP contribution < -0.4 is 0 Å². The first-order valence-corrected chi connectivity index (χ1v) is 7.45. The Morgan fingerprint density at radius 3 is 2.44 bits per heavy atom. The van der Waals surface area contributed by atoms with E-state index in [0.29, 0.717) is 4.90 Å². The van der Waals surface area contributed by atoms with Gasteiger partial charge in [0.05, 0.1) is 11.0 Å². The molecule has 1 aliphatic rings. The molecule has 2 rings (SSSR count). The minimum atomic E-state index is -3.44. The molecule has 0 aromatic heterocycles. The van der Waals surface area contributed by atoms with Crippen molar-refractivity contribution in [3.8, 4) is 6.07 Å². The molecular formula is C13H16N2O2S. The van der Waals surface area contributed by atoms with E-state index in [1.807, 2.05) is 13.0 Å². The SMILES string of the molecule is Cc1ccc(S(=O)(=O)N(CCC#N)C2CC2)cc1. The fourth-order valence-corrected chi connectivity index (χ4v) is 3.55. The van der Waals surface area contributed by atoms with Crippen LogP contribution in [0.15, 0.2) is 29.2 Å². The minimum Gasteiger partial charge on any atom is -0.207 e. The molecule has 0 aliphatic heterocycles. The van der Waals surface area contributed by atoms with Crippen molar-refractivity contribution in [3.05, 3.63) is 29.8 Å². The summed E-state index contributed by atoms with van der Waals surface area (Å²) in [5, 5.41) is 8.62. The summed E-state index contributed by atoms with van der Waals surface area (Å²) in [6.45, 7) is 2.21. The first-order chi connectivity index (χ1) is 8.55. The highest BCUT2D eigenvalue weighted by Crippen LogP contribution is 2.32. The fraction of sp³-hybridized carbons (Fsp3) is 0.462. The molecule has 0 bridgehead atoms. The molecule has 0 amide bonds. The molecule has 5 heteroatoms. The molecule has 0 radical (unpaired) electrons. The molecule has 0 spiro atoms. The van der Waals surface area contributed by atoms with E-state index in [0.717, 1.165) is 18.4 Å². The lowest BCUT2D eigenvalue weighted by atomic mass is 10.2. The minimum absolute atomic E-state index is 0.0876. The number of aryl methyl sites for hydroxylation is 1. The standard InChI is InChI=1S/C13H16N2O2S/c1-11-3-7-13(8-4-11)18(16,17)15(10-2-9-14)12-5-6-12/h3-4,7-8,12H,2,5-6,10H2,1H3. The lowest BCUT2D eigenvalue weighted by molar-refractivity contribution is 0.411. The van der Waals surface area contributed by atoms with Gasteiger partial charge >= 0.3 is 0 Å². The maximum atomic E-state index is 12.4. The number of rotatable bonds is 5. The zero-order chi connectivity index (χ0) is 13.2. The van der Waals surface area contributed by atoms with Crippen LogP contribution in [0, 0.1) is 18.3 Å². The van der Waals surface area contributed by atoms with E-state index in [-0.39, 0.29) is 19.0 Å². The summed E-state index contributed by atoms with van der Waals surface area (Å²) in [6, 6.07) is 8.95. The average molecular weight is 264 g/mol. The fourth-order valence-electron chi connectivity index (χ4n) is 1.87. The van der Waals surface area contributed by atoms with Crippen molar-refractivity contribution in [2.75, 3.05) is 6.54 Å². The van der Waals surface area contributed by atoms with Crippen LogP contribution >= 0.6 is 0 Å². The molecule has 0 unspecified atom stereocenters. The predicted molar refractivity (Wildman–Crippen MR) is 68.3 cm³/mol. The summed E-state index contributed by atoms with van der Waals surface area (Å²) in [7, 11) is -3.44. The van der Waals surface area contributed by atoms with Gasteiger partial charge in [0.25, 0.3) is 0 Å². The zero-order valence-electron chi connectivity index (χ0n) is 10.3. The molecular weight excluding hydrogens is 248 g/mol. The number of nitriles is 1. The number of hydrogen-bond donors (Lipinski definition) is 0. The zero-order valence-corrected chi connectivity index (χ0v) is 11.2. The van der Waals surface area contributed by atoms with Crippen LogP contribution in [0.2, 0.25) is 0 Å². The molecule has 96 valence electrons. The van der Waals surface area contributed by atoms with E-state index >= 15 is 0 Å². The van der Waals surface area contributed by atoms with Crippen LogP contribution in [0.5, 0.6) is 0 Å². The summed E-state index contributed by atoms with van der Waals surface area (Å²) in [5.41, 5.74) is 1.03. The van der Waals surface area contributed by atoms with Gasteiger partial charge in [0.15, 0.2) is 0 Å². The Balaban J connectivity index is 2.27. The molecule has 1 aromatic rings. The summed E-state index contributed by atoms with van der Waals surface area (Å²) in [6.07, 6.45) is 2.04. The Labute approximate surface area is 108 Å². The predicted octanol–water partition coefficient (Wildman–Crippen LogP) is 2.06. The molecule has 1 aromatic carbocycles. The third-order valence-corrected chi connectivity index (χ3v) is 4.99. The van der Waals surface area contributed by atoms with Crippen LogP contribution in [0.3, 0.4) is 0 Å². The Morgan fingerprint density at radius 1 is 1.33 bits per heavy atom. The van der Waals surface area contributed by atoms with Crippen LogP contribution in [-0.2, 0) is 10.0 Å². The molecule has 0 atom stereocenters. The Morgan fingerprint density at radius 2 is 1.94 bits per heavy atom. The first kappa shape index (κ1) is 13.1. The van der Waals surface area contributed by atoms with Gasteiger partial charge in [-0.15, -0.1) is 0 Å². The Bertz CT molecular complexity index is 554. The van der Waals surface area contributed by atoms with Crippen molar-refractivity contribution < 1.29 is 8.42 Å². The van der Waals surface area contributed by atoms with Crippen LogP contribution in [0.4, 0.5) is 0 Å². The Kier molecular flexibility index (Phi) is 3.69. The van der Waals surface area contributed by atoms with Gasteiger partial charge in [0.2, 0.25) is 10.0 Å². The van der Waals surface area contributed by atoms with Crippen molar-refractivity contribution >= 4 is 10.0 Å². The smallest absolute Gasteiger partial charge is 0.207 e. The van der Waals surface area contributed by atoms with Crippen LogP contribution in [0.1, 0.15) is 24.8 Å². The maximum Gasteiger partial charge on any atom is 0.243 e. The van der Waals surface area contributed by atoms with Crippen molar-refractivity contribution in [2.45, 2.75) is 37.1 Å². The normalized spacial score (nSPS) is 15.6. The maximum absolute atomic E-state index is 12.4. The first-order valence-electron chi connectivity index (χ1n) is 6.01. The van der Waals surface area contributed by atoms with E-state index in [1.54, 1.807) is 24.3 Å². The molecule has 1 saturated carbocycles. The van der Waals surface area contributed by atoms with Gasteiger partial charge in [0, 0.05) is 19.0 Å². The van der Waals surface area contributed by atoms with Gasteiger partial charge in [-0.25, -0.2) is 8.42 Å². The van der Waals surface area contributed by atoms with E-state index < -0.39 is 10.0 Å². The van der Waals surface area contributed by atoms with Gasteiger partial charge in [-0.2, -0.15) is 9.57 Å². The summed E-state index contributed by atoms with van der Waals surface area (Å²) in [4.78, 5) is 0.318. The highest BCUT2D eigenvalue weighted by atomic mass is 32.2. The van der Waals surface area contributed by atoms with Gasteiger partial charge in [0.1, 0.15) is 0 Å². The third-order valence-electron chi connectivity index (χ3n) is 3.03. The summed E-state index contributed by atoms with van der Waals surface area (Å²) in [5.74, 6) is 0. The highest BCUT2D eigenvalue weighted by molar-refractivity contribution is 7.89. The summed E-state index contributed by atoms with van der Waals surface area (Å²) < 4.78 is 26.4. The molecule has 0 saturated heterocycles. The quantitative estimate of drug-likeness (QED) is 0.817. The number of benzene rings is 1. The molecule has 0 N–H and O–H groups in total. The van der Waals surface area contributed by atoms with E-state index in [2.05, 4.69) is 0 Å². The van der Waals surface area contributed by atoms with Crippen molar-refractivity contribution in [3.63, 3.8) is 0 Å². The summed E-state index contributed by atoms with van der Waals surface area (Å²) >= 11 is 0. The molecule has 1 aliphatic carbocycles. The number of nitrogens with zero attached hydrogens (tertiary/aromatic N) is 2. The van der Waals surface area contributed by atoms with Crippen LogP contribution in [-0.4, -0.2) is 25.3 Å². The number of hydrogen-bond acceptors (Lipinski definition) is 3. The van der Waals surface area contributed by atoms with Gasteiger partial charge < -0.3 is 0 Å². The second-order valence-electron chi connectivity index (χ2n) is 4.57. The van der Waals surface area contributed by atoms with E-state index in [1.165, 1.54) is 4.31 Å². The van der Waals surface area contributed by atoms with Crippen LogP contribution in [0.25, 0.3) is 0 Å². The monoisotopic (exact) mass is 264 g/mol. The topological polar surface area (TPSA) is 61.2 Å². The van der Waals surface area contributed by atoms with Crippen molar-refractivity contribution in [1.82, 2.24) is 4.31 Å². The second kappa shape index (κ2) is 5.09. The molecule has 1 fully saturated rings. The average Bonchev–Trinajstić information content (AvgIpc) is 3.14. The van der Waals surface area contributed by atoms with Gasteiger partial charge in [-0.1, -0.05) is 17.7 Å². The second-order valence-corrected chi connectivity index (χ2v) is 6.46. The largest absolute Gasteiger partial charge is 0.243 e.